The molecular formula is C8H18NOP. The Kier molecular flexibility index (Phi) is 2.77. The predicted molar refractivity (Wildman–Crippen MR) is 50.0 cm³/mol. The van der Waals surface area contributed by atoms with Gasteiger partial charge in [0.25, 0.3) is 0 Å². The SMILES string of the molecule is CC(C)N1CCP(C)(=O)CC1. The Labute approximate surface area is 69.3 Å². The van der Waals surface area contributed by atoms with Crippen LogP contribution in [0.1, 0.15) is 13.8 Å². The summed E-state index contributed by atoms with van der Waals surface area (Å²) in [6.45, 7) is 8.40. The summed E-state index contributed by atoms with van der Waals surface area (Å²) in [7, 11) is -1.71. The fraction of sp³-hybridized carbons (Fsp3) is 1.00. The first-order valence-corrected chi connectivity index (χ1v) is 6.83. The quantitative estimate of drug-likeness (QED) is 0.565. The van der Waals surface area contributed by atoms with Crippen molar-refractivity contribution in [1.82, 2.24) is 4.90 Å². The van der Waals surface area contributed by atoms with Gasteiger partial charge in [-0.3, -0.25) is 0 Å². The van der Waals surface area contributed by atoms with Crippen LogP contribution in [0.15, 0.2) is 0 Å². The highest BCUT2D eigenvalue weighted by Crippen LogP contribution is 2.43. The van der Waals surface area contributed by atoms with Crippen molar-refractivity contribution >= 4 is 7.14 Å². The molecule has 0 unspecified atom stereocenters. The maximum Gasteiger partial charge on any atom is 0.0873 e. The number of hydrogen-bond donors (Lipinski definition) is 0. The molecule has 3 heteroatoms. The van der Waals surface area contributed by atoms with Crippen molar-refractivity contribution < 1.29 is 4.57 Å². The summed E-state index contributed by atoms with van der Waals surface area (Å²) >= 11 is 0. The van der Waals surface area contributed by atoms with E-state index in [1.165, 1.54) is 0 Å². The van der Waals surface area contributed by atoms with E-state index in [9.17, 15) is 4.57 Å². The summed E-state index contributed by atoms with van der Waals surface area (Å²) in [4.78, 5) is 2.40. The molecule has 0 aromatic rings. The zero-order valence-electron chi connectivity index (χ0n) is 7.71. The van der Waals surface area contributed by atoms with Crippen LogP contribution in [-0.2, 0) is 4.57 Å². The van der Waals surface area contributed by atoms with Gasteiger partial charge in [-0.25, -0.2) is 0 Å². The second-order valence-electron chi connectivity index (χ2n) is 3.87. The molecule has 0 spiro atoms. The highest BCUT2D eigenvalue weighted by atomic mass is 31.2. The zero-order chi connectivity index (χ0) is 8.48. The summed E-state index contributed by atoms with van der Waals surface area (Å²) < 4.78 is 11.6. The van der Waals surface area contributed by atoms with Crippen molar-refractivity contribution in [2.45, 2.75) is 19.9 Å². The lowest BCUT2D eigenvalue weighted by atomic mass is 10.3. The molecule has 11 heavy (non-hydrogen) atoms. The van der Waals surface area contributed by atoms with Crippen molar-refractivity contribution in [2.75, 3.05) is 32.1 Å². The van der Waals surface area contributed by atoms with E-state index in [1.807, 2.05) is 6.66 Å². The molecule has 0 aromatic heterocycles. The maximum atomic E-state index is 11.6. The lowest BCUT2D eigenvalue weighted by molar-refractivity contribution is 0.240. The molecule has 0 bridgehead atoms. The Morgan fingerprint density at radius 1 is 1.27 bits per heavy atom. The molecule has 66 valence electrons. The van der Waals surface area contributed by atoms with Crippen molar-refractivity contribution in [1.29, 1.82) is 0 Å². The molecule has 1 aliphatic rings. The lowest BCUT2D eigenvalue weighted by Crippen LogP contribution is -2.39. The van der Waals surface area contributed by atoms with Crippen molar-refractivity contribution in [3.63, 3.8) is 0 Å². The monoisotopic (exact) mass is 175 g/mol. The molecule has 0 amide bonds. The normalized spacial score (nSPS) is 25.8. The average Bonchev–Trinajstić information content (AvgIpc) is 1.86. The molecule has 1 saturated heterocycles. The summed E-state index contributed by atoms with van der Waals surface area (Å²) in [5.74, 6) is 0. The molecule has 0 aromatic carbocycles. The third-order valence-corrected chi connectivity index (χ3v) is 4.74. The molecule has 1 fully saturated rings. The van der Waals surface area contributed by atoms with Gasteiger partial charge < -0.3 is 9.46 Å². The molecule has 0 radical (unpaired) electrons. The van der Waals surface area contributed by atoms with Crippen molar-refractivity contribution in [3.8, 4) is 0 Å². The Bertz CT molecular complexity index is 167. The maximum absolute atomic E-state index is 11.6. The second kappa shape index (κ2) is 3.28. The third kappa shape index (κ3) is 2.61. The van der Waals surface area contributed by atoms with E-state index in [2.05, 4.69) is 18.7 Å². The van der Waals surface area contributed by atoms with E-state index in [0.29, 0.717) is 6.04 Å². The molecule has 2 nitrogen and oxygen atoms in total. The summed E-state index contributed by atoms with van der Waals surface area (Å²) in [5.41, 5.74) is 0. The zero-order valence-corrected chi connectivity index (χ0v) is 8.60. The molecular weight excluding hydrogens is 157 g/mol. The minimum Gasteiger partial charge on any atom is -0.324 e. The summed E-state index contributed by atoms with van der Waals surface area (Å²) in [6.07, 6.45) is 1.84. The third-order valence-electron chi connectivity index (χ3n) is 2.45. The molecule has 0 saturated carbocycles. The van der Waals surface area contributed by atoms with Crippen LogP contribution in [0.2, 0.25) is 0 Å². The number of rotatable bonds is 1. The van der Waals surface area contributed by atoms with Gasteiger partial charge >= 0.3 is 0 Å². The van der Waals surface area contributed by atoms with E-state index >= 15 is 0 Å². The van der Waals surface area contributed by atoms with Crippen molar-refractivity contribution in [3.05, 3.63) is 0 Å². The first-order valence-electron chi connectivity index (χ1n) is 4.31. The van der Waals surface area contributed by atoms with Crippen LogP contribution in [0.25, 0.3) is 0 Å². The number of hydrogen-bond acceptors (Lipinski definition) is 2. The van der Waals surface area contributed by atoms with E-state index < -0.39 is 7.14 Å². The number of nitrogens with zero attached hydrogens (tertiary/aromatic N) is 1. The van der Waals surface area contributed by atoms with Gasteiger partial charge in [0, 0.05) is 31.5 Å². The summed E-state index contributed by atoms with van der Waals surface area (Å²) in [5, 5.41) is 0. The topological polar surface area (TPSA) is 20.3 Å². The van der Waals surface area contributed by atoms with Crippen LogP contribution in [0.3, 0.4) is 0 Å². The van der Waals surface area contributed by atoms with Gasteiger partial charge in [-0.1, -0.05) is 0 Å². The van der Waals surface area contributed by atoms with Gasteiger partial charge in [-0.15, -0.1) is 0 Å². The van der Waals surface area contributed by atoms with Crippen LogP contribution < -0.4 is 0 Å². The van der Waals surface area contributed by atoms with Crippen LogP contribution in [0.5, 0.6) is 0 Å². The summed E-state index contributed by atoms with van der Waals surface area (Å²) in [6, 6.07) is 0.621. The van der Waals surface area contributed by atoms with Crippen LogP contribution in [0.4, 0.5) is 0 Å². The van der Waals surface area contributed by atoms with E-state index in [4.69, 9.17) is 0 Å². The van der Waals surface area contributed by atoms with Crippen LogP contribution >= 0.6 is 7.14 Å². The fourth-order valence-corrected chi connectivity index (χ4v) is 3.00. The lowest BCUT2D eigenvalue weighted by Gasteiger charge is -2.33. The van der Waals surface area contributed by atoms with Crippen LogP contribution in [-0.4, -0.2) is 43.0 Å². The minimum atomic E-state index is -1.71. The smallest absolute Gasteiger partial charge is 0.0873 e. The van der Waals surface area contributed by atoms with Gasteiger partial charge in [0.15, 0.2) is 0 Å². The minimum absolute atomic E-state index is 0.621. The van der Waals surface area contributed by atoms with Gasteiger partial charge in [-0.05, 0) is 20.5 Å². The first kappa shape index (κ1) is 9.28. The van der Waals surface area contributed by atoms with E-state index in [0.717, 1.165) is 25.4 Å². The standard InChI is InChI=1S/C8H18NOP/c1-8(2)9-4-6-11(3,10)7-5-9/h8H,4-7H2,1-3H3. The van der Waals surface area contributed by atoms with Gasteiger partial charge in [0.1, 0.15) is 0 Å². The molecule has 1 heterocycles. The highest BCUT2D eigenvalue weighted by Gasteiger charge is 2.24. The highest BCUT2D eigenvalue weighted by molar-refractivity contribution is 7.63. The predicted octanol–water partition coefficient (Wildman–Crippen LogP) is 1.70. The Balaban J connectivity index is 2.42. The van der Waals surface area contributed by atoms with Crippen LogP contribution in [0, 0.1) is 0 Å². The second-order valence-corrected chi connectivity index (χ2v) is 7.36. The molecule has 1 rings (SSSR count). The molecule has 0 atom stereocenters. The fourth-order valence-electron chi connectivity index (χ4n) is 1.42. The van der Waals surface area contributed by atoms with Gasteiger partial charge in [0.05, 0.1) is 7.14 Å². The average molecular weight is 175 g/mol. The first-order chi connectivity index (χ1) is 5.01. The Morgan fingerprint density at radius 2 is 1.73 bits per heavy atom. The molecule has 0 N–H and O–H groups in total. The largest absolute Gasteiger partial charge is 0.324 e. The van der Waals surface area contributed by atoms with Gasteiger partial charge in [0.2, 0.25) is 0 Å². The van der Waals surface area contributed by atoms with E-state index in [1.54, 1.807) is 0 Å². The molecule has 1 aliphatic heterocycles. The Hall–Kier alpha value is 0.190. The molecule has 0 aliphatic carbocycles. The van der Waals surface area contributed by atoms with Gasteiger partial charge in [-0.2, -0.15) is 0 Å². The Morgan fingerprint density at radius 3 is 2.09 bits per heavy atom. The van der Waals surface area contributed by atoms with E-state index in [-0.39, 0.29) is 0 Å². The van der Waals surface area contributed by atoms with Crippen molar-refractivity contribution in [2.24, 2.45) is 0 Å².